The Balaban J connectivity index is 0.00000300. The minimum Gasteiger partial charge on any atom is -0.506 e. The number of hydrogen-bond donors (Lipinski definition) is 2. The molecule has 2 heterocycles. The summed E-state index contributed by atoms with van der Waals surface area (Å²) in [4.78, 5) is 13.6. The first kappa shape index (κ1) is 23.1. The van der Waals surface area contributed by atoms with Gasteiger partial charge in [0.05, 0.1) is 18.8 Å². The molecular weight excluding hydrogens is 481 g/mol. The molecule has 8 heteroatoms. The quantitative estimate of drug-likeness (QED) is 0.353. The third kappa shape index (κ3) is 6.12. The molecule has 3 rings (SSSR count). The first-order chi connectivity index (χ1) is 13.7. The second-order valence-electron chi connectivity index (χ2n) is 6.53. The maximum Gasteiger partial charge on any atom is 0.218 e. The Morgan fingerprint density at radius 2 is 1.90 bits per heavy atom. The van der Waals surface area contributed by atoms with Crippen LogP contribution in [-0.2, 0) is 6.54 Å². The third-order valence-corrected chi connectivity index (χ3v) is 4.67. The fraction of sp³-hybridized carbons (Fsp3) is 0.429. The number of para-hydroxylation sites is 2. The van der Waals surface area contributed by atoms with Crippen LogP contribution in [0.2, 0.25) is 0 Å². The molecule has 0 bridgehead atoms. The number of rotatable bonds is 6. The molecule has 29 heavy (non-hydrogen) atoms. The van der Waals surface area contributed by atoms with E-state index >= 15 is 0 Å². The normalized spacial score (nSPS) is 14.3. The number of ether oxygens (including phenoxy) is 1. The van der Waals surface area contributed by atoms with Gasteiger partial charge >= 0.3 is 0 Å². The summed E-state index contributed by atoms with van der Waals surface area (Å²) >= 11 is 0. The van der Waals surface area contributed by atoms with Gasteiger partial charge in [0.15, 0.2) is 5.96 Å². The van der Waals surface area contributed by atoms with Gasteiger partial charge in [-0.15, -0.1) is 24.0 Å². The average molecular weight is 511 g/mol. The Kier molecular flexibility index (Phi) is 9.30. The summed E-state index contributed by atoms with van der Waals surface area (Å²) in [6.07, 6.45) is 1.74. The van der Waals surface area contributed by atoms with E-state index in [0.717, 1.165) is 49.9 Å². The van der Waals surface area contributed by atoms with Crippen molar-refractivity contribution in [1.29, 1.82) is 0 Å². The van der Waals surface area contributed by atoms with Gasteiger partial charge in [-0.05, 0) is 32.0 Å². The van der Waals surface area contributed by atoms with Crippen molar-refractivity contribution in [1.82, 2.24) is 15.2 Å². The Morgan fingerprint density at radius 3 is 2.59 bits per heavy atom. The average Bonchev–Trinajstić information content (AvgIpc) is 2.73. The van der Waals surface area contributed by atoms with Gasteiger partial charge in [-0.2, -0.15) is 0 Å². The lowest BCUT2D eigenvalue weighted by molar-refractivity contribution is 0.323. The Morgan fingerprint density at radius 1 is 1.14 bits per heavy atom. The number of piperazine rings is 1. The van der Waals surface area contributed by atoms with Crippen LogP contribution >= 0.6 is 24.0 Å². The predicted molar refractivity (Wildman–Crippen MR) is 128 cm³/mol. The smallest absolute Gasteiger partial charge is 0.218 e. The first-order valence-corrected chi connectivity index (χ1v) is 9.85. The number of pyridine rings is 1. The van der Waals surface area contributed by atoms with Crippen molar-refractivity contribution in [3.63, 3.8) is 0 Å². The third-order valence-electron chi connectivity index (χ3n) is 4.67. The van der Waals surface area contributed by atoms with E-state index in [1.807, 2.05) is 37.3 Å². The zero-order valence-electron chi connectivity index (χ0n) is 17.0. The summed E-state index contributed by atoms with van der Waals surface area (Å²) in [7, 11) is 0. The van der Waals surface area contributed by atoms with Crippen molar-refractivity contribution in [3.8, 4) is 11.6 Å². The van der Waals surface area contributed by atoms with Gasteiger partial charge in [0.25, 0.3) is 0 Å². The van der Waals surface area contributed by atoms with Crippen LogP contribution in [-0.4, -0.2) is 60.3 Å². The maximum absolute atomic E-state index is 10.1. The van der Waals surface area contributed by atoms with Crippen LogP contribution in [0.4, 0.5) is 5.69 Å². The van der Waals surface area contributed by atoms with Crippen LogP contribution < -0.4 is 15.0 Å². The molecule has 1 aliphatic rings. The molecule has 1 aromatic heterocycles. The highest BCUT2D eigenvalue weighted by molar-refractivity contribution is 14.0. The molecule has 0 amide bonds. The molecule has 0 spiro atoms. The lowest BCUT2D eigenvalue weighted by atomic mass is 10.2. The van der Waals surface area contributed by atoms with Gasteiger partial charge < -0.3 is 25.0 Å². The number of aromatic nitrogens is 1. The van der Waals surface area contributed by atoms with Crippen molar-refractivity contribution in [3.05, 3.63) is 48.2 Å². The molecule has 1 fully saturated rings. The van der Waals surface area contributed by atoms with Crippen molar-refractivity contribution >= 4 is 35.6 Å². The fourth-order valence-electron chi connectivity index (χ4n) is 3.29. The van der Waals surface area contributed by atoms with Crippen LogP contribution in [0.3, 0.4) is 0 Å². The van der Waals surface area contributed by atoms with Crippen LogP contribution in [0.1, 0.15) is 19.4 Å². The minimum absolute atomic E-state index is 0. The first-order valence-electron chi connectivity index (χ1n) is 9.85. The number of aromatic hydroxyl groups is 1. The summed E-state index contributed by atoms with van der Waals surface area (Å²) in [6, 6.07) is 11.4. The number of aliphatic imine (C=N–C) groups is 1. The van der Waals surface area contributed by atoms with Crippen LogP contribution in [0.15, 0.2) is 47.6 Å². The van der Waals surface area contributed by atoms with Gasteiger partial charge in [0, 0.05) is 44.5 Å². The highest BCUT2D eigenvalue weighted by Gasteiger charge is 2.21. The van der Waals surface area contributed by atoms with Gasteiger partial charge in [0.2, 0.25) is 5.88 Å². The number of hydrogen-bond acceptors (Lipinski definition) is 5. The van der Waals surface area contributed by atoms with Crippen molar-refractivity contribution in [2.75, 3.05) is 44.2 Å². The molecule has 2 aromatic rings. The standard InChI is InChI=1S/C21H29N5O2.HI/c1-3-22-21(24-16-17-8-7-11-23-20(17)28-4-2)26-14-12-25(13-15-26)18-9-5-6-10-19(18)27;/h5-11,27H,3-4,12-16H2,1-2H3,(H,22,24);1H. The monoisotopic (exact) mass is 511 g/mol. The minimum atomic E-state index is 0. The molecule has 1 aromatic carbocycles. The summed E-state index contributed by atoms with van der Waals surface area (Å²) < 4.78 is 5.60. The van der Waals surface area contributed by atoms with Crippen LogP contribution in [0.5, 0.6) is 11.6 Å². The van der Waals surface area contributed by atoms with E-state index in [4.69, 9.17) is 9.73 Å². The Hall–Kier alpha value is -2.23. The zero-order valence-corrected chi connectivity index (χ0v) is 19.4. The number of benzene rings is 1. The summed E-state index contributed by atoms with van der Waals surface area (Å²) in [5.74, 6) is 1.87. The van der Waals surface area contributed by atoms with E-state index in [2.05, 4.69) is 27.0 Å². The zero-order chi connectivity index (χ0) is 19.8. The molecule has 7 nitrogen and oxygen atoms in total. The van der Waals surface area contributed by atoms with E-state index in [1.54, 1.807) is 12.3 Å². The highest BCUT2D eigenvalue weighted by Crippen LogP contribution is 2.27. The summed E-state index contributed by atoms with van der Waals surface area (Å²) in [6.45, 7) is 9.28. The van der Waals surface area contributed by atoms with Gasteiger partial charge in [-0.1, -0.05) is 18.2 Å². The molecular formula is C21H30IN5O2. The second-order valence-corrected chi connectivity index (χ2v) is 6.53. The molecule has 0 unspecified atom stereocenters. The van der Waals surface area contributed by atoms with Crippen LogP contribution in [0, 0.1) is 0 Å². The molecule has 0 aliphatic carbocycles. The number of nitrogens with one attached hydrogen (secondary N) is 1. The number of anilines is 1. The topological polar surface area (TPSA) is 73.2 Å². The largest absolute Gasteiger partial charge is 0.506 e. The van der Waals surface area contributed by atoms with Crippen molar-refractivity contribution in [2.24, 2.45) is 4.99 Å². The van der Waals surface area contributed by atoms with E-state index in [9.17, 15) is 5.11 Å². The number of nitrogens with zero attached hydrogens (tertiary/aromatic N) is 4. The molecule has 0 atom stereocenters. The number of halogens is 1. The van der Waals surface area contributed by atoms with E-state index in [0.29, 0.717) is 24.8 Å². The van der Waals surface area contributed by atoms with Crippen molar-refractivity contribution < 1.29 is 9.84 Å². The van der Waals surface area contributed by atoms with E-state index < -0.39 is 0 Å². The number of phenolic OH excluding ortho intramolecular Hbond substituents is 1. The lowest BCUT2D eigenvalue weighted by Gasteiger charge is -2.37. The van der Waals surface area contributed by atoms with E-state index in [-0.39, 0.29) is 24.0 Å². The molecule has 0 saturated carbocycles. The molecule has 1 saturated heterocycles. The lowest BCUT2D eigenvalue weighted by Crippen LogP contribution is -2.52. The molecule has 2 N–H and O–H groups in total. The van der Waals surface area contributed by atoms with Crippen molar-refractivity contribution in [2.45, 2.75) is 20.4 Å². The molecule has 1 aliphatic heterocycles. The van der Waals surface area contributed by atoms with Gasteiger partial charge in [-0.3, -0.25) is 0 Å². The van der Waals surface area contributed by atoms with Crippen LogP contribution in [0.25, 0.3) is 0 Å². The predicted octanol–water partition coefficient (Wildman–Crippen LogP) is 3.09. The molecule has 0 radical (unpaired) electrons. The molecule has 158 valence electrons. The van der Waals surface area contributed by atoms with E-state index in [1.165, 1.54) is 0 Å². The van der Waals surface area contributed by atoms with Gasteiger partial charge in [-0.25, -0.2) is 9.98 Å². The Labute approximate surface area is 189 Å². The second kappa shape index (κ2) is 11.7. The number of phenols is 1. The summed E-state index contributed by atoms with van der Waals surface area (Å²) in [5, 5.41) is 13.5. The fourth-order valence-corrected chi connectivity index (χ4v) is 3.29. The summed E-state index contributed by atoms with van der Waals surface area (Å²) in [5.41, 5.74) is 1.87. The number of guanidine groups is 1. The Bertz CT molecular complexity index is 794. The maximum atomic E-state index is 10.1. The SMILES string of the molecule is CCNC(=NCc1cccnc1OCC)N1CCN(c2ccccc2O)CC1.I. The van der Waals surface area contributed by atoms with Gasteiger partial charge in [0.1, 0.15) is 5.75 Å². The highest BCUT2D eigenvalue weighted by atomic mass is 127.